The van der Waals surface area contributed by atoms with Gasteiger partial charge in [-0.3, -0.25) is 4.98 Å². The lowest BCUT2D eigenvalue weighted by Gasteiger charge is -2.02. The van der Waals surface area contributed by atoms with Crippen LogP contribution in [0.3, 0.4) is 0 Å². The van der Waals surface area contributed by atoms with Gasteiger partial charge < -0.3 is 9.88 Å². The summed E-state index contributed by atoms with van der Waals surface area (Å²) in [5.41, 5.74) is 3.16. The number of hydrogen-bond acceptors (Lipinski definition) is 3. The van der Waals surface area contributed by atoms with Crippen molar-refractivity contribution in [2.24, 2.45) is 0 Å². The first-order valence-electron chi connectivity index (χ1n) is 5.35. The highest BCUT2D eigenvalue weighted by atomic mass is 15.0. The average Bonchev–Trinajstić information content (AvgIpc) is 2.66. The molecule has 16 heavy (non-hydrogen) atoms. The van der Waals surface area contributed by atoms with Crippen molar-refractivity contribution in [3.63, 3.8) is 0 Å². The minimum atomic E-state index is 0.776. The summed E-state index contributed by atoms with van der Waals surface area (Å²) in [4.78, 5) is 8.76. The summed E-state index contributed by atoms with van der Waals surface area (Å²) in [6, 6.07) is 6.07. The van der Waals surface area contributed by atoms with Crippen molar-refractivity contribution in [3.05, 3.63) is 47.8 Å². The summed E-state index contributed by atoms with van der Waals surface area (Å²) in [5.74, 6) is 0. The zero-order valence-corrected chi connectivity index (χ0v) is 9.64. The van der Waals surface area contributed by atoms with Crippen LogP contribution in [0.2, 0.25) is 0 Å². The van der Waals surface area contributed by atoms with E-state index in [0.29, 0.717) is 0 Å². The molecule has 0 saturated carbocycles. The molecule has 0 unspecified atom stereocenters. The number of aryl methyl sites for hydroxylation is 1. The van der Waals surface area contributed by atoms with Gasteiger partial charge in [-0.05, 0) is 26.1 Å². The van der Waals surface area contributed by atoms with Gasteiger partial charge in [-0.2, -0.15) is 0 Å². The Kier molecular flexibility index (Phi) is 3.31. The van der Waals surface area contributed by atoms with Gasteiger partial charge in [0.25, 0.3) is 0 Å². The molecule has 2 aromatic rings. The fraction of sp³-hybridized carbons (Fsp3) is 0.333. The van der Waals surface area contributed by atoms with Crippen LogP contribution in [-0.2, 0) is 13.1 Å². The Morgan fingerprint density at radius 2 is 2.19 bits per heavy atom. The third kappa shape index (κ3) is 2.67. The SMILES string of the molecule is CNCc1cn(Cc2cccc(C)n2)cn1. The third-order valence-electron chi connectivity index (χ3n) is 2.34. The van der Waals surface area contributed by atoms with E-state index in [2.05, 4.69) is 19.9 Å². The number of imidazole rings is 1. The molecule has 1 N–H and O–H groups in total. The van der Waals surface area contributed by atoms with Crippen LogP contribution in [0, 0.1) is 6.92 Å². The van der Waals surface area contributed by atoms with Gasteiger partial charge >= 0.3 is 0 Å². The van der Waals surface area contributed by atoms with E-state index in [4.69, 9.17) is 0 Å². The number of hydrogen-bond donors (Lipinski definition) is 1. The Morgan fingerprint density at radius 1 is 1.31 bits per heavy atom. The fourth-order valence-corrected chi connectivity index (χ4v) is 1.64. The molecule has 2 aromatic heterocycles. The Balaban J connectivity index is 2.08. The molecular weight excluding hydrogens is 200 g/mol. The molecule has 0 spiro atoms. The molecule has 84 valence electrons. The molecule has 2 heterocycles. The highest BCUT2D eigenvalue weighted by molar-refractivity contribution is 5.11. The molecule has 4 nitrogen and oxygen atoms in total. The van der Waals surface area contributed by atoms with Gasteiger partial charge in [-0.1, -0.05) is 6.07 Å². The first-order valence-corrected chi connectivity index (χ1v) is 5.35. The van der Waals surface area contributed by atoms with Crippen LogP contribution in [0.15, 0.2) is 30.7 Å². The van der Waals surface area contributed by atoms with Crippen LogP contribution in [0.25, 0.3) is 0 Å². The third-order valence-corrected chi connectivity index (χ3v) is 2.34. The first-order chi connectivity index (χ1) is 7.78. The Bertz CT molecular complexity index is 462. The normalized spacial score (nSPS) is 10.6. The molecule has 0 aromatic carbocycles. The van der Waals surface area contributed by atoms with Gasteiger partial charge in [-0.15, -0.1) is 0 Å². The second-order valence-corrected chi connectivity index (χ2v) is 3.84. The summed E-state index contributed by atoms with van der Waals surface area (Å²) in [6.45, 7) is 3.58. The van der Waals surface area contributed by atoms with E-state index in [-0.39, 0.29) is 0 Å². The minimum Gasteiger partial charge on any atom is -0.331 e. The molecule has 0 atom stereocenters. The summed E-state index contributed by atoms with van der Waals surface area (Å²) in [5, 5.41) is 3.08. The molecule has 2 rings (SSSR count). The number of aromatic nitrogens is 3. The lowest BCUT2D eigenvalue weighted by Crippen LogP contribution is -2.05. The standard InChI is InChI=1S/C12H16N4/c1-10-4-3-5-11(15-10)7-16-8-12(6-13-2)14-9-16/h3-5,8-9,13H,6-7H2,1-2H3. The van der Waals surface area contributed by atoms with Crippen LogP contribution in [-0.4, -0.2) is 21.6 Å². The van der Waals surface area contributed by atoms with Crippen molar-refractivity contribution in [2.75, 3.05) is 7.05 Å². The van der Waals surface area contributed by atoms with Gasteiger partial charge in [0, 0.05) is 18.4 Å². The Hall–Kier alpha value is -1.68. The smallest absolute Gasteiger partial charge is 0.0953 e. The predicted octanol–water partition coefficient (Wildman–Crippen LogP) is 1.35. The van der Waals surface area contributed by atoms with Crippen LogP contribution >= 0.6 is 0 Å². The Morgan fingerprint density at radius 3 is 2.94 bits per heavy atom. The van der Waals surface area contributed by atoms with Crippen molar-refractivity contribution in [1.82, 2.24) is 19.9 Å². The molecule has 0 aliphatic heterocycles. The van der Waals surface area contributed by atoms with Crippen molar-refractivity contribution >= 4 is 0 Å². The molecule has 0 saturated heterocycles. The average molecular weight is 216 g/mol. The largest absolute Gasteiger partial charge is 0.331 e. The predicted molar refractivity (Wildman–Crippen MR) is 63.1 cm³/mol. The molecule has 0 bridgehead atoms. The van der Waals surface area contributed by atoms with Gasteiger partial charge in [0.15, 0.2) is 0 Å². The first kappa shape index (κ1) is 10.8. The maximum Gasteiger partial charge on any atom is 0.0953 e. The van der Waals surface area contributed by atoms with E-state index in [9.17, 15) is 0 Å². The molecule has 0 amide bonds. The lowest BCUT2D eigenvalue weighted by molar-refractivity contribution is 0.763. The maximum atomic E-state index is 4.46. The van der Waals surface area contributed by atoms with Crippen molar-refractivity contribution in [1.29, 1.82) is 0 Å². The van der Waals surface area contributed by atoms with Crippen molar-refractivity contribution < 1.29 is 0 Å². The number of pyridine rings is 1. The van der Waals surface area contributed by atoms with Gasteiger partial charge in [-0.25, -0.2) is 4.98 Å². The van der Waals surface area contributed by atoms with Crippen molar-refractivity contribution in [3.8, 4) is 0 Å². The van der Waals surface area contributed by atoms with Gasteiger partial charge in [0.2, 0.25) is 0 Å². The number of nitrogens with one attached hydrogen (secondary N) is 1. The topological polar surface area (TPSA) is 42.7 Å². The van der Waals surface area contributed by atoms with Crippen LogP contribution in [0.1, 0.15) is 17.1 Å². The van der Waals surface area contributed by atoms with Crippen LogP contribution in [0.4, 0.5) is 0 Å². The summed E-state index contributed by atoms with van der Waals surface area (Å²) in [7, 11) is 1.92. The highest BCUT2D eigenvalue weighted by Crippen LogP contribution is 2.03. The molecular formula is C12H16N4. The fourth-order valence-electron chi connectivity index (χ4n) is 1.64. The van der Waals surface area contributed by atoms with Crippen LogP contribution < -0.4 is 5.32 Å². The highest BCUT2D eigenvalue weighted by Gasteiger charge is 1.99. The quantitative estimate of drug-likeness (QED) is 0.839. The molecule has 0 radical (unpaired) electrons. The van der Waals surface area contributed by atoms with E-state index in [1.165, 1.54) is 0 Å². The number of nitrogens with zero attached hydrogens (tertiary/aromatic N) is 3. The second-order valence-electron chi connectivity index (χ2n) is 3.84. The molecule has 0 aliphatic rings. The maximum absolute atomic E-state index is 4.46. The van der Waals surface area contributed by atoms with E-state index < -0.39 is 0 Å². The van der Waals surface area contributed by atoms with E-state index >= 15 is 0 Å². The van der Waals surface area contributed by atoms with Crippen LogP contribution in [0.5, 0.6) is 0 Å². The van der Waals surface area contributed by atoms with Gasteiger partial charge in [0.05, 0.1) is 24.3 Å². The molecule has 4 heteroatoms. The van der Waals surface area contributed by atoms with Gasteiger partial charge in [0.1, 0.15) is 0 Å². The van der Waals surface area contributed by atoms with E-state index in [1.54, 1.807) is 0 Å². The van der Waals surface area contributed by atoms with E-state index in [1.807, 2.05) is 44.7 Å². The minimum absolute atomic E-state index is 0.776. The second kappa shape index (κ2) is 4.90. The Labute approximate surface area is 95.4 Å². The summed E-state index contributed by atoms with van der Waals surface area (Å²) < 4.78 is 2.05. The summed E-state index contributed by atoms with van der Waals surface area (Å²) in [6.07, 6.45) is 3.89. The number of rotatable bonds is 4. The zero-order valence-electron chi connectivity index (χ0n) is 9.64. The molecule has 0 fully saturated rings. The summed E-state index contributed by atoms with van der Waals surface area (Å²) >= 11 is 0. The van der Waals surface area contributed by atoms with E-state index in [0.717, 1.165) is 30.2 Å². The monoisotopic (exact) mass is 216 g/mol. The zero-order chi connectivity index (χ0) is 11.4. The molecule has 0 aliphatic carbocycles. The lowest BCUT2D eigenvalue weighted by atomic mass is 10.3. The van der Waals surface area contributed by atoms with Crippen molar-refractivity contribution in [2.45, 2.75) is 20.0 Å².